The van der Waals surface area contributed by atoms with Gasteiger partial charge in [-0.3, -0.25) is 9.36 Å². The summed E-state index contributed by atoms with van der Waals surface area (Å²) in [7, 11) is 0. The van der Waals surface area contributed by atoms with Gasteiger partial charge in [0.1, 0.15) is 30.3 Å². The fourth-order valence-corrected chi connectivity index (χ4v) is 2.85. The zero-order valence-electron chi connectivity index (χ0n) is 12.7. The number of hydrogen-bond donors (Lipinski definition) is 4. The second-order valence-electron chi connectivity index (χ2n) is 5.44. The van der Waals surface area contributed by atoms with Crippen LogP contribution in [0.4, 0.5) is 0 Å². The van der Waals surface area contributed by atoms with Crippen LogP contribution < -0.4 is 10.5 Å². The molecule has 24 heavy (non-hydrogen) atoms. The minimum absolute atomic E-state index is 0.116. The third kappa shape index (κ3) is 2.19. The molecule has 1 aliphatic heterocycles. The molecule has 1 aliphatic rings. The van der Waals surface area contributed by atoms with Crippen molar-refractivity contribution in [2.45, 2.75) is 25.0 Å². The van der Waals surface area contributed by atoms with Crippen molar-refractivity contribution in [1.29, 1.82) is 5.53 Å². The first-order valence-corrected chi connectivity index (χ1v) is 7.09. The Balaban J connectivity index is 2.17. The van der Waals surface area contributed by atoms with Crippen molar-refractivity contribution in [3.05, 3.63) is 35.2 Å². The number of aromatic nitrogens is 4. The van der Waals surface area contributed by atoms with E-state index in [9.17, 15) is 15.0 Å². The largest absolute Gasteiger partial charge is 0.391 e. The Kier molecular flexibility index (Phi) is 3.85. The van der Waals surface area contributed by atoms with Gasteiger partial charge < -0.3 is 19.9 Å². The molecule has 4 N–H and O–H groups in total. The van der Waals surface area contributed by atoms with Crippen LogP contribution in [0.25, 0.3) is 11.2 Å². The van der Waals surface area contributed by atoms with Gasteiger partial charge >= 0.3 is 0 Å². The predicted molar refractivity (Wildman–Crippen MR) is 79.8 cm³/mol. The summed E-state index contributed by atoms with van der Waals surface area (Å²) >= 11 is 0. The second-order valence-corrected chi connectivity index (χ2v) is 5.44. The maximum atomic E-state index is 11.9. The van der Waals surface area contributed by atoms with Crippen LogP contribution in [0.15, 0.2) is 28.9 Å². The average Bonchev–Trinajstić information content (AvgIpc) is 3.08. The number of H-pyrrole nitrogens is 1. The average molecular weight is 334 g/mol. The van der Waals surface area contributed by atoms with E-state index in [2.05, 4.69) is 31.6 Å². The zero-order chi connectivity index (χ0) is 17.5. The van der Waals surface area contributed by atoms with E-state index in [-0.39, 0.29) is 11.2 Å². The van der Waals surface area contributed by atoms with Gasteiger partial charge in [-0.1, -0.05) is 6.08 Å². The lowest BCUT2D eigenvalue weighted by Crippen LogP contribution is -2.43. The molecule has 1 fully saturated rings. The van der Waals surface area contributed by atoms with Crippen LogP contribution in [0.3, 0.4) is 0 Å². The van der Waals surface area contributed by atoms with E-state index >= 15 is 0 Å². The van der Waals surface area contributed by atoms with Crippen molar-refractivity contribution in [3.63, 3.8) is 0 Å². The third-order valence-electron chi connectivity index (χ3n) is 4.02. The molecule has 0 radical (unpaired) electrons. The number of nitrogens with zero attached hydrogens (tertiary/aromatic N) is 5. The summed E-state index contributed by atoms with van der Waals surface area (Å²) in [6.07, 6.45) is 0.623. The van der Waals surface area contributed by atoms with Gasteiger partial charge in [0.25, 0.3) is 11.3 Å². The standard InChI is InChI=1S/C13H15N7O4/c1-3-7-9(22)13(4-21,18-19-14)24-12(7)20-5-15-8-10(20)16-6(2)17-11(8)23/h3,5,7,9,12,14,21-22H,1,4H2,2H3/p+1/t7-,9-,12+,13+/m0/s1. The molecule has 1 saturated heterocycles. The zero-order valence-corrected chi connectivity index (χ0v) is 12.7. The third-order valence-corrected chi connectivity index (χ3v) is 4.02. The molecule has 0 aromatic carbocycles. The number of aryl methyl sites for hydroxylation is 1. The molecule has 0 aliphatic carbocycles. The Morgan fingerprint density at radius 3 is 3.08 bits per heavy atom. The maximum absolute atomic E-state index is 11.9. The summed E-state index contributed by atoms with van der Waals surface area (Å²) in [6, 6.07) is 0. The Bertz CT molecular complexity index is 899. The van der Waals surface area contributed by atoms with Crippen molar-refractivity contribution in [2.24, 2.45) is 11.0 Å². The first kappa shape index (κ1) is 16.1. The SMILES string of the molecule is C=C[C@@H]1[C@H](n2cnc3c(=O)[nH]c(C)nc32)O[C@@](CO)(N=[N+]=N)[C@H]1O. The van der Waals surface area contributed by atoms with Crippen LogP contribution in [0.5, 0.6) is 0 Å². The van der Waals surface area contributed by atoms with Gasteiger partial charge in [0.2, 0.25) is 4.91 Å². The fraction of sp³-hybridized carbons (Fsp3) is 0.462. The summed E-state index contributed by atoms with van der Waals surface area (Å²) < 4.78 is 7.17. The van der Waals surface area contributed by atoms with Gasteiger partial charge in [-0.2, -0.15) is 0 Å². The van der Waals surface area contributed by atoms with Crippen molar-refractivity contribution in [2.75, 3.05) is 6.61 Å². The number of aliphatic hydroxyl groups is 2. The van der Waals surface area contributed by atoms with E-state index in [1.165, 1.54) is 17.0 Å². The lowest BCUT2D eigenvalue weighted by atomic mass is 9.96. The molecule has 3 rings (SSSR count). The van der Waals surface area contributed by atoms with Crippen LogP contribution in [-0.2, 0) is 4.74 Å². The quantitative estimate of drug-likeness (QED) is 0.330. The predicted octanol–water partition coefficient (Wildman–Crippen LogP) is -0.641. The van der Waals surface area contributed by atoms with E-state index in [1.54, 1.807) is 6.92 Å². The lowest BCUT2D eigenvalue weighted by Gasteiger charge is -2.18. The Morgan fingerprint density at radius 2 is 2.46 bits per heavy atom. The van der Waals surface area contributed by atoms with Crippen LogP contribution in [0, 0.1) is 18.4 Å². The van der Waals surface area contributed by atoms with E-state index in [4.69, 9.17) is 10.3 Å². The molecule has 0 amide bonds. The summed E-state index contributed by atoms with van der Waals surface area (Å²) in [5.74, 6) is -0.302. The molecule has 0 unspecified atom stereocenters. The smallest absolute Gasteiger partial charge is 0.293 e. The van der Waals surface area contributed by atoms with Crippen LogP contribution >= 0.6 is 0 Å². The van der Waals surface area contributed by atoms with Gasteiger partial charge in [-0.05, 0) is 6.92 Å². The van der Waals surface area contributed by atoms with Crippen LogP contribution in [0.2, 0.25) is 0 Å². The fourth-order valence-electron chi connectivity index (χ4n) is 2.85. The molecular weight excluding hydrogens is 318 g/mol. The normalized spacial score (nSPS) is 29.5. The van der Waals surface area contributed by atoms with Crippen LogP contribution in [0.1, 0.15) is 12.1 Å². The summed E-state index contributed by atoms with van der Waals surface area (Å²) in [5, 5.41) is 23.6. The first-order valence-electron chi connectivity index (χ1n) is 7.09. The second kappa shape index (κ2) is 5.73. The van der Waals surface area contributed by atoms with Crippen molar-refractivity contribution >= 4 is 11.2 Å². The summed E-state index contributed by atoms with van der Waals surface area (Å²) in [5.41, 5.74) is 5.07. The highest BCUT2D eigenvalue weighted by Crippen LogP contribution is 2.43. The molecular formula is C13H16N7O4+. The van der Waals surface area contributed by atoms with E-state index in [0.717, 1.165) is 0 Å². The molecule has 0 bridgehead atoms. The van der Waals surface area contributed by atoms with Crippen molar-refractivity contribution in [1.82, 2.24) is 24.4 Å². The van der Waals surface area contributed by atoms with Crippen LogP contribution in [-0.4, -0.2) is 48.2 Å². The summed E-state index contributed by atoms with van der Waals surface area (Å²) in [4.78, 5) is 25.7. The monoisotopic (exact) mass is 334 g/mol. The number of hydrogen-bond acceptors (Lipinski definition) is 8. The highest BCUT2D eigenvalue weighted by Gasteiger charge is 2.58. The number of fused-ring (bicyclic) bond motifs is 1. The molecule has 126 valence electrons. The lowest BCUT2D eigenvalue weighted by molar-refractivity contribution is -0.126. The minimum atomic E-state index is -1.79. The highest BCUT2D eigenvalue weighted by atomic mass is 16.6. The molecule has 4 atom stereocenters. The number of aromatic amines is 1. The molecule has 2 aromatic heterocycles. The van der Waals surface area contributed by atoms with E-state index < -0.39 is 36.1 Å². The molecule has 11 heteroatoms. The molecule has 2 aromatic rings. The van der Waals surface area contributed by atoms with Gasteiger partial charge in [0.05, 0.1) is 12.2 Å². The number of rotatable bonds is 4. The molecule has 11 nitrogen and oxygen atoms in total. The topological polar surface area (TPSA) is 164 Å². The highest BCUT2D eigenvalue weighted by molar-refractivity contribution is 5.69. The van der Waals surface area contributed by atoms with E-state index in [0.29, 0.717) is 5.82 Å². The first-order chi connectivity index (χ1) is 11.5. The van der Waals surface area contributed by atoms with Crippen molar-refractivity contribution < 1.29 is 14.9 Å². The number of aliphatic hydroxyl groups excluding tert-OH is 2. The van der Waals surface area contributed by atoms with Gasteiger partial charge in [0, 0.05) is 0 Å². The summed E-state index contributed by atoms with van der Waals surface area (Å²) in [6.45, 7) is 4.61. The Hall–Kier alpha value is -2.72. The Labute approximate surface area is 134 Å². The number of nitrogens with one attached hydrogen (secondary N) is 2. The van der Waals surface area contributed by atoms with Gasteiger partial charge in [-0.15, -0.1) is 6.58 Å². The minimum Gasteiger partial charge on any atom is -0.391 e. The molecule has 3 heterocycles. The molecule has 0 saturated carbocycles. The van der Waals surface area contributed by atoms with Crippen molar-refractivity contribution in [3.8, 4) is 0 Å². The van der Waals surface area contributed by atoms with Gasteiger partial charge in [-0.25, -0.2) is 9.97 Å². The maximum Gasteiger partial charge on any atom is 0.293 e. The van der Waals surface area contributed by atoms with E-state index in [1.807, 2.05) is 0 Å². The van der Waals surface area contributed by atoms with Gasteiger partial charge in [0.15, 0.2) is 16.3 Å². The molecule has 0 spiro atoms. The number of ether oxygens (including phenoxy) is 1. The number of imidazole rings is 1. The Morgan fingerprint density at radius 1 is 1.71 bits per heavy atom.